The summed E-state index contributed by atoms with van der Waals surface area (Å²) >= 11 is 13.9. The predicted octanol–water partition coefficient (Wildman–Crippen LogP) is 5.60. The van der Waals surface area contributed by atoms with Crippen LogP contribution in [0.15, 0.2) is 60.8 Å². The van der Waals surface area contributed by atoms with Crippen LogP contribution in [-0.2, 0) is 22.7 Å². The number of methoxy groups -OCH3 is 1. The van der Waals surface area contributed by atoms with Crippen molar-refractivity contribution in [3.05, 3.63) is 87.8 Å². The number of benzene rings is 2. The monoisotopic (exact) mass is 679 g/mol. The van der Waals surface area contributed by atoms with E-state index in [2.05, 4.69) is 31.6 Å². The summed E-state index contributed by atoms with van der Waals surface area (Å²) in [5.41, 5.74) is 4.39. The standard InChI is InChI=1S/C34H36Cl2FN7O3/c1-20(45)40-16-15-38-17-21-13-14-41-33(32(21)37)43-28-8-4-6-25(31(28)36)24-5-3-7-26(30(24)35)27-11-9-22(34(44-27)47-2)18-39-19-23-10-12-29(46)42-23/h3-9,11,13-14,23,38-39H,10,12,15-19H2,1-2H3,(H,40,45)(H,41,43)(H,42,46)/t23-/m0/s1. The highest BCUT2D eigenvalue weighted by Crippen LogP contribution is 2.42. The lowest BCUT2D eigenvalue weighted by molar-refractivity contribution is -0.120. The van der Waals surface area contributed by atoms with E-state index in [1.165, 1.54) is 13.1 Å². The Balaban J connectivity index is 1.32. The SMILES string of the molecule is COc1nc(-c2cccc(-c3cccc(Nc4nccc(CNCCNC(C)=O)c4F)c3Cl)c2Cl)ccc1CNC[C@@H]1CCC(=O)N1. The van der Waals surface area contributed by atoms with Gasteiger partial charge >= 0.3 is 0 Å². The topological polar surface area (TPSA) is 129 Å². The van der Waals surface area contributed by atoms with Gasteiger partial charge in [-0.2, -0.15) is 0 Å². The lowest BCUT2D eigenvalue weighted by Crippen LogP contribution is -2.35. The quantitative estimate of drug-likeness (QED) is 0.109. The van der Waals surface area contributed by atoms with Gasteiger partial charge < -0.3 is 31.3 Å². The van der Waals surface area contributed by atoms with Gasteiger partial charge in [-0.3, -0.25) is 9.59 Å². The normalized spacial score (nSPS) is 14.1. The Bertz CT molecular complexity index is 1760. The third-order valence-electron chi connectivity index (χ3n) is 7.70. The Morgan fingerprint density at radius 3 is 2.47 bits per heavy atom. The molecule has 246 valence electrons. The average molecular weight is 681 g/mol. The number of nitrogens with one attached hydrogen (secondary N) is 5. The van der Waals surface area contributed by atoms with Crippen molar-refractivity contribution in [2.75, 3.05) is 32.1 Å². The zero-order valence-electron chi connectivity index (χ0n) is 26.1. The summed E-state index contributed by atoms with van der Waals surface area (Å²) in [7, 11) is 1.57. The van der Waals surface area contributed by atoms with Gasteiger partial charge in [-0.1, -0.05) is 59.6 Å². The molecule has 0 saturated carbocycles. The molecule has 1 aliphatic heterocycles. The maximum Gasteiger partial charge on any atom is 0.220 e. The summed E-state index contributed by atoms with van der Waals surface area (Å²) < 4.78 is 21.0. The molecule has 1 aliphatic rings. The van der Waals surface area contributed by atoms with Gasteiger partial charge in [-0.15, -0.1) is 0 Å². The molecule has 2 aromatic heterocycles. The number of amides is 2. The molecule has 47 heavy (non-hydrogen) atoms. The van der Waals surface area contributed by atoms with Crippen LogP contribution in [0.4, 0.5) is 15.9 Å². The van der Waals surface area contributed by atoms with Crippen LogP contribution in [0.1, 0.15) is 30.9 Å². The molecule has 1 fully saturated rings. The molecule has 2 aromatic carbocycles. The predicted molar refractivity (Wildman–Crippen MR) is 182 cm³/mol. The molecular formula is C34H36Cl2FN7O3. The number of hydrogen-bond acceptors (Lipinski definition) is 8. The Kier molecular flexibility index (Phi) is 11.6. The zero-order chi connectivity index (χ0) is 33.3. The molecule has 10 nitrogen and oxygen atoms in total. The number of carbonyl (C=O) groups is 2. The number of carbonyl (C=O) groups excluding carboxylic acids is 2. The van der Waals surface area contributed by atoms with Crippen molar-refractivity contribution < 1.29 is 18.7 Å². The molecule has 0 radical (unpaired) electrons. The summed E-state index contributed by atoms with van der Waals surface area (Å²) in [5.74, 6) is -0.0463. The third kappa shape index (κ3) is 8.55. The molecule has 5 N–H and O–H groups in total. The molecule has 3 heterocycles. The molecule has 1 saturated heterocycles. The van der Waals surface area contributed by atoms with E-state index in [1.54, 1.807) is 25.3 Å². The number of rotatable bonds is 14. The van der Waals surface area contributed by atoms with Crippen LogP contribution in [0, 0.1) is 5.82 Å². The third-order valence-corrected chi connectivity index (χ3v) is 8.51. The van der Waals surface area contributed by atoms with Gasteiger partial charge in [0.15, 0.2) is 11.6 Å². The van der Waals surface area contributed by atoms with Crippen molar-refractivity contribution in [2.24, 2.45) is 0 Å². The molecule has 13 heteroatoms. The second-order valence-electron chi connectivity index (χ2n) is 11.1. The maximum atomic E-state index is 15.4. The average Bonchev–Trinajstić information content (AvgIpc) is 3.48. The van der Waals surface area contributed by atoms with Gasteiger partial charge in [-0.05, 0) is 24.6 Å². The Hall–Kier alpha value is -4.29. The fraction of sp³-hybridized carbons (Fsp3) is 0.294. The van der Waals surface area contributed by atoms with E-state index in [0.29, 0.717) is 82.2 Å². The number of hydrogen-bond donors (Lipinski definition) is 5. The van der Waals surface area contributed by atoms with E-state index in [4.69, 9.17) is 32.9 Å². The summed E-state index contributed by atoms with van der Waals surface area (Å²) in [6.07, 6.45) is 2.90. The minimum Gasteiger partial charge on any atom is -0.481 e. The Morgan fingerprint density at radius 2 is 1.72 bits per heavy atom. The first kappa shape index (κ1) is 34.1. The Labute approximate surface area is 282 Å². The fourth-order valence-corrected chi connectivity index (χ4v) is 5.90. The van der Waals surface area contributed by atoms with E-state index >= 15 is 4.39 Å². The van der Waals surface area contributed by atoms with E-state index in [1.807, 2.05) is 36.4 Å². The van der Waals surface area contributed by atoms with Crippen molar-refractivity contribution in [3.63, 3.8) is 0 Å². The molecule has 5 rings (SSSR count). The van der Waals surface area contributed by atoms with Crippen LogP contribution in [-0.4, -0.2) is 54.6 Å². The number of ether oxygens (including phenoxy) is 1. The molecule has 4 aromatic rings. The minimum absolute atomic E-state index is 0.0314. The molecular weight excluding hydrogens is 644 g/mol. The summed E-state index contributed by atoms with van der Waals surface area (Å²) in [6.45, 7) is 3.82. The van der Waals surface area contributed by atoms with Crippen LogP contribution in [0.2, 0.25) is 10.0 Å². The second kappa shape index (κ2) is 16.0. The van der Waals surface area contributed by atoms with Crippen LogP contribution in [0.3, 0.4) is 0 Å². The van der Waals surface area contributed by atoms with Gasteiger partial charge in [-0.25, -0.2) is 14.4 Å². The van der Waals surface area contributed by atoms with Crippen molar-refractivity contribution in [1.29, 1.82) is 0 Å². The Morgan fingerprint density at radius 1 is 0.979 bits per heavy atom. The van der Waals surface area contributed by atoms with Gasteiger partial charge in [0.1, 0.15) is 0 Å². The largest absolute Gasteiger partial charge is 0.481 e. The number of nitrogens with zero attached hydrogens (tertiary/aromatic N) is 2. The van der Waals surface area contributed by atoms with Crippen LogP contribution >= 0.6 is 23.2 Å². The number of halogens is 3. The molecule has 2 amide bonds. The van der Waals surface area contributed by atoms with Crippen molar-refractivity contribution in [3.8, 4) is 28.3 Å². The van der Waals surface area contributed by atoms with Crippen molar-refractivity contribution in [2.45, 2.75) is 38.9 Å². The summed E-state index contributed by atoms with van der Waals surface area (Å²) in [6, 6.07) is 16.5. The highest BCUT2D eigenvalue weighted by atomic mass is 35.5. The van der Waals surface area contributed by atoms with E-state index in [9.17, 15) is 9.59 Å². The first-order chi connectivity index (χ1) is 22.7. The van der Waals surface area contributed by atoms with Crippen molar-refractivity contribution >= 4 is 46.5 Å². The molecule has 0 bridgehead atoms. The molecule has 1 atom stereocenters. The summed E-state index contributed by atoms with van der Waals surface area (Å²) in [5, 5.41) is 15.9. The van der Waals surface area contributed by atoms with Gasteiger partial charge in [0, 0.05) is 86.1 Å². The van der Waals surface area contributed by atoms with Crippen molar-refractivity contribution in [1.82, 2.24) is 31.2 Å². The fourth-order valence-electron chi connectivity index (χ4n) is 5.30. The number of pyridine rings is 2. The minimum atomic E-state index is -0.509. The number of aromatic nitrogens is 2. The van der Waals surface area contributed by atoms with Crippen LogP contribution in [0.25, 0.3) is 22.4 Å². The van der Waals surface area contributed by atoms with Crippen LogP contribution < -0.4 is 31.3 Å². The summed E-state index contributed by atoms with van der Waals surface area (Å²) in [4.78, 5) is 31.4. The molecule has 0 aliphatic carbocycles. The second-order valence-corrected chi connectivity index (χ2v) is 11.8. The van der Waals surface area contributed by atoms with E-state index < -0.39 is 5.82 Å². The zero-order valence-corrected chi connectivity index (χ0v) is 27.6. The lowest BCUT2D eigenvalue weighted by Gasteiger charge is -2.16. The van der Waals surface area contributed by atoms with Gasteiger partial charge in [0.05, 0.1) is 28.5 Å². The van der Waals surface area contributed by atoms with E-state index in [0.717, 1.165) is 12.0 Å². The molecule has 0 spiro atoms. The lowest BCUT2D eigenvalue weighted by atomic mass is 10.00. The smallest absolute Gasteiger partial charge is 0.220 e. The number of anilines is 2. The molecule has 0 unspecified atom stereocenters. The van der Waals surface area contributed by atoms with Gasteiger partial charge in [0.25, 0.3) is 0 Å². The van der Waals surface area contributed by atoms with E-state index in [-0.39, 0.29) is 30.2 Å². The first-order valence-corrected chi connectivity index (χ1v) is 16.0. The maximum absolute atomic E-state index is 15.4. The van der Waals surface area contributed by atoms with Crippen LogP contribution in [0.5, 0.6) is 5.88 Å². The highest BCUT2D eigenvalue weighted by Gasteiger charge is 2.21. The first-order valence-electron chi connectivity index (χ1n) is 15.2. The van der Waals surface area contributed by atoms with Gasteiger partial charge in [0.2, 0.25) is 17.7 Å². The highest BCUT2D eigenvalue weighted by molar-refractivity contribution is 6.39.